The van der Waals surface area contributed by atoms with Gasteiger partial charge in [0, 0.05) is 12.1 Å². The van der Waals surface area contributed by atoms with E-state index < -0.39 is 4.92 Å². The molecule has 0 spiro atoms. The third-order valence-electron chi connectivity index (χ3n) is 1.88. The van der Waals surface area contributed by atoms with Crippen LogP contribution in [0.5, 0.6) is 5.75 Å². The van der Waals surface area contributed by atoms with E-state index in [1.807, 2.05) is 0 Å². The van der Waals surface area contributed by atoms with Gasteiger partial charge in [0.05, 0.1) is 11.5 Å². The number of benzene rings is 1. The van der Waals surface area contributed by atoms with Crippen molar-refractivity contribution in [3.63, 3.8) is 0 Å². The van der Waals surface area contributed by atoms with Crippen molar-refractivity contribution in [2.75, 3.05) is 6.61 Å². The Morgan fingerprint density at radius 3 is 2.94 bits per heavy atom. The summed E-state index contributed by atoms with van der Waals surface area (Å²) in [6.07, 6.45) is 2.38. The smallest absolute Gasteiger partial charge is 0.287 e. The van der Waals surface area contributed by atoms with Crippen LogP contribution >= 0.6 is 0 Å². The van der Waals surface area contributed by atoms with Crippen molar-refractivity contribution in [2.24, 2.45) is 0 Å². The van der Waals surface area contributed by atoms with Crippen molar-refractivity contribution in [2.45, 2.75) is 6.42 Å². The minimum atomic E-state index is -0.591. The van der Waals surface area contributed by atoms with Gasteiger partial charge in [-0.15, -0.1) is 6.58 Å². The lowest BCUT2D eigenvalue weighted by Crippen LogP contribution is -1.97. The van der Waals surface area contributed by atoms with Gasteiger partial charge in [-0.05, 0) is 12.5 Å². The Morgan fingerprint density at radius 2 is 2.38 bits per heavy atom. The van der Waals surface area contributed by atoms with Crippen LogP contribution in [-0.2, 0) is 0 Å². The zero-order valence-corrected chi connectivity index (χ0v) is 8.55. The number of nitriles is 1. The minimum Gasteiger partial charge on any atom is -0.493 e. The molecule has 0 saturated heterocycles. The van der Waals surface area contributed by atoms with E-state index >= 15 is 0 Å². The van der Waals surface area contributed by atoms with Crippen LogP contribution in [0.4, 0.5) is 5.69 Å². The predicted octanol–water partition coefficient (Wildman–Crippen LogP) is 2.42. The van der Waals surface area contributed by atoms with Gasteiger partial charge in [-0.3, -0.25) is 10.1 Å². The molecule has 1 aromatic carbocycles. The Labute approximate surface area is 92.7 Å². The molecule has 0 aliphatic heterocycles. The number of rotatable bonds is 5. The van der Waals surface area contributed by atoms with E-state index in [0.717, 1.165) is 0 Å². The van der Waals surface area contributed by atoms with Crippen molar-refractivity contribution in [3.8, 4) is 11.8 Å². The first-order valence-corrected chi connectivity index (χ1v) is 4.61. The highest BCUT2D eigenvalue weighted by atomic mass is 16.6. The van der Waals surface area contributed by atoms with Gasteiger partial charge in [0.25, 0.3) is 5.69 Å². The zero-order valence-electron chi connectivity index (χ0n) is 8.55. The average molecular weight is 218 g/mol. The fourth-order valence-electron chi connectivity index (χ4n) is 1.11. The minimum absolute atomic E-state index is 0.00102. The highest BCUT2D eigenvalue weighted by molar-refractivity contribution is 5.52. The summed E-state index contributed by atoms with van der Waals surface area (Å²) < 4.78 is 5.28. The number of nitro groups is 1. The fraction of sp³-hybridized carbons (Fsp3) is 0.182. The monoisotopic (exact) mass is 218 g/mol. The molecule has 0 fully saturated rings. The van der Waals surface area contributed by atoms with Gasteiger partial charge in [-0.1, -0.05) is 6.08 Å². The largest absolute Gasteiger partial charge is 0.493 e. The molecule has 82 valence electrons. The van der Waals surface area contributed by atoms with Crippen LogP contribution < -0.4 is 4.74 Å². The first kappa shape index (κ1) is 11.7. The summed E-state index contributed by atoms with van der Waals surface area (Å²) in [6.45, 7) is 3.98. The van der Waals surface area contributed by atoms with Crippen molar-refractivity contribution >= 4 is 5.69 Å². The second-order valence-corrected chi connectivity index (χ2v) is 2.97. The van der Waals surface area contributed by atoms with E-state index in [2.05, 4.69) is 6.58 Å². The van der Waals surface area contributed by atoms with Crippen LogP contribution in [0, 0.1) is 21.4 Å². The molecule has 0 heterocycles. The molecular formula is C11H10N2O3. The maximum absolute atomic E-state index is 10.6. The van der Waals surface area contributed by atoms with Crippen LogP contribution in [0.15, 0.2) is 30.9 Å². The lowest BCUT2D eigenvalue weighted by Gasteiger charge is -2.04. The Kier molecular flexibility index (Phi) is 4.04. The molecule has 0 aromatic heterocycles. The molecule has 0 N–H and O–H groups in total. The van der Waals surface area contributed by atoms with Crippen molar-refractivity contribution in [1.82, 2.24) is 0 Å². The van der Waals surface area contributed by atoms with E-state index in [1.54, 1.807) is 12.1 Å². The summed E-state index contributed by atoms with van der Waals surface area (Å²) in [5.41, 5.74) is -0.209. The third-order valence-corrected chi connectivity index (χ3v) is 1.88. The summed E-state index contributed by atoms with van der Waals surface area (Å²) in [5.74, 6) is 0.448. The van der Waals surface area contributed by atoms with E-state index in [-0.39, 0.29) is 11.3 Å². The molecule has 0 amide bonds. The summed E-state index contributed by atoms with van der Waals surface area (Å²) in [5, 5.41) is 19.3. The second-order valence-electron chi connectivity index (χ2n) is 2.97. The summed E-state index contributed by atoms with van der Waals surface area (Å²) in [4.78, 5) is 9.96. The molecule has 5 heteroatoms. The van der Waals surface area contributed by atoms with Crippen LogP contribution in [0.1, 0.15) is 12.0 Å². The van der Waals surface area contributed by atoms with Crippen LogP contribution in [-0.4, -0.2) is 11.5 Å². The van der Waals surface area contributed by atoms with Gasteiger partial charge in [-0.2, -0.15) is 5.26 Å². The van der Waals surface area contributed by atoms with Gasteiger partial charge in [0.1, 0.15) is 17.4 Å². The topological polar surface area (TPSA) is 76.2 Å². The molecule has 16 heavy (non-hydrogen) atoms. The molecule has 1 rings (SSSR count). The summed E-state index contributed by atoms with van der Waals surface area (Å²) >= 11 is 0. The maximum atomic E-state index is 10.6. The second kappa shape index (κ2) is 5.51. The van der Waals surface area contributed by atoms with Gasteiger partial charge in [0.15, 0.2) is 0 Å². The van der Waals surface area contributed by atoms with E-state index in [4.69, 9.17) is 10.00 Å². The molecule has 5 nitrogen and oxygen atoms in total. The van der Waals surface area contributed by atoms with Gasteiger partial charge in [-0.25, -0.2) is 0 Å². The zero-order chi connectivity index (χ0) is 12.0. The average Bonchev–Trinajstić information content (AvgIpc) is 2.29. The number of ether oxygens (including phenoxy) is 1. The Morgan fingerprint density at radius 1 is 1.62 bits per heavy atom. The van der Waals surface area contributed by atoms with Crippen molar-refractivity contribution in [3.05, 3.63) is 46.5 Å². The number of nitro benzene ring substituents is 1. The SMILES string of the molecule is C=CCCOc1ccc([N+](=O)[O-])c(C#N)c1. The third kappa shape index (κ3) is 2.82. The number of nitrogens with zero attached hydrogens (tertiary/aromatic N) is 2. The van der Waals surface area contributed by atoms with Crippen LogP contribution in [0.3, 0.4) is 0 Å². The lowest BCUT2D eigenvalue weighted by molar-refractivity contribution is -0.385. The quantitative estimate of drug-likeness (QED) is 0.329. The molecule has 0 aliphatic carbocycles. The standard InChI is InChI=1S/C11H10N2O3/c1-2-3-6-16-10-4-5-11(13(14)15)9(7-10)8-12/h2,4-5,7H,1,3,6H2. The lowest BCUT2D eigenvalue weighted by atomic mass is 10.2. The summed E-state index contributed by atoms with van der Waals surface area (Å²) in [7, 11) is 0. The van der Waals surface area contributed by atoms with Crippen molar-refractivity contribution in [1.29, 1.82) is 5.26 Å². The maximum Gasteiger partial charge on any atom is 0.287 e. The van der Waals surface area contributed by atoms with E-state index in [0.29, 0.717) is 18.8 Å². The number of hydrogen-bond acceptors (Lipinski definition) is 4. The van der Waals surface area contributed by atoms with Crippen LogP contribution in [0.25, 0.3) is 0 Å². The normalized spacial score (nSPS) is 9.19. The molecule has 0 bridgehead atoms. The first-order valence-electron chi connectivity index (χ1n) is 4.61. The molecule has 0 aliphatic rings. The number of hydrogen-bond donors (Lipinski definition) is 0. The Balaban J connectivity index is 2.88. The van der Waals surface area contributed by atoms with E-state index in [1.165, 1.54) is 18.2 Å². The molecular weight excluding hydrogens is 208 g/mol. The van der Waals surface area contributed by atoms with E-state index in [9.17, 15) is 10.1 Å². The predicted molar refractivity (Wildman–Crippen MR) is 58.1 cm³/mol. The molecule has 0 unspecified atom stereocenters. The van der Waals surface area contributed by atoms with Gasteiger partial charge >= 0.3 is 0 Å². The molecule has 0 atom stereocenters. The van der Waals surface area contributed by atoms with Gasteiger partial charge in [0.2, 0.25) is 0 Å². The molecule has 0 saturated carbocycles. The molecule has 1 aromatic rings. The Hall–Kier alpha value is -2.35. The molecule has 0 radical (unpaired) electrons. The van der Waals surface area contributed by atoms with Gasteiger partial charge < -0.3 is 4.74 Å². The summed E-state index contributed by atoms with van der Waals surface area (Å²) in [6, 6.07) is 5.87. The highest BCUT2D eigenvalue weighted by Gasteiger charge is 2.13. The Bertz CT molecular complexity index is 449. The van der Waals surface area contributed by atoms with Crippen molar-refractivity contribution < 1.29 is 9.66 Å². The highest BCUT2D eigenvalue weighted by Crippen LogP contribution is 2.23. The fourth-order valence-corrected chi connectivity index (χ4v) is 1.11. The van der Waals surface area contributed by atoms with Crippen LogP contribution in [0.2, 0.25) is 0 Å². The first-order chi connectivity index (χ1) is 7.69.